The maximum atomic E-state index is 15.1. The van der Waals surface area contributed by atoms with Crippen LogP contribution in [0.15, 0.2) is 36.4 Å². The molecule has 2 aromatic carbocycles. The number of nitrogens with one attached hydrogen (secondary N) is 1. The van der Waals surface area contributed by atoms with Crippen molar-refractivity contribution in [3.8, 4) is 6.07 Å². The van der Waals surface area contributed by atoms with Crippen LogP contribution in [-0.4, -0.2) is 43.3 Å². The first-order valence-electron chi connectivity index (χ1n) is 12.8. The van der Waals surface area contributed by atoms with Crippen molar-refractivity contribution in [3.05, 3.63) is 58.9 Å². The molecule has 3 fully saturated rings. The van der Waals surface area contributed by atoms with Gasteiger partial charge in [-0.1, -0.05) is 12.8 Å². The number of fused-ring (bicyclic) bond motifs is 1. The molecule has 3 atom stereocenters. The molecule has 1 saturated carbocycles. The molecule has 0 bridgehead atoms. The van der Waals surface area contributed by atoms with E-state index in [0.717, 1.165) is 43.9 Å². The molecule has 3 amide bonds. The highest BCUT2D eigenvalue weighted by Crippen LogP contribution is 2.42. The van der Waals surface area contributed by atoms with Gasteiger partial charge in [-0.2, -0.15) is 18.4 Å². The zero-order chi connectivity index (χ0) is 27.7. The van der Waals surface area contributed by atoms with Crippen LogP contribution in [0.2, 0.25) is 0 Å². The van der Waals surface area contributed by atoms with Crippen molar-refractivity contribution in [1.29, 1.82) is 5.26 Å². The normalized spacial score (nSPS) is 23.1. The number of hydroxylamine groups is 1. The number of urea groups is 1. The van der Waals surface area contributed by atoms with Gasteiger partial charge in [0.15, 0.2) is 0 Å². The lowest BCUT2D eigenvalue weighted by molar-refractivity contribution is -0.137. The van der Waals surface area contributed by atoms with Gasteiger partial charge in [-0.05, 0) is 62.1 Å². The number of anilines is 2. The van der Waals surface area contributed by atoms with Crippen LogP contribution >= 0.6 is 0 Å². The number of ether oxygens (including phenoxy) is 1. The average molecular weight is 547 g/mol. The summed E-state index contributed by atoms with van der Waals surface area (Å²) in [7, 11) is 0. The third-order valence-corrected chi connectivity index (χ3v) is 7.41. The fraction of sp³-hybridized carbons (Fsp3) is 0.444. The Kier molecular flexibility index (Phi) is 7.46. The highest BCUT2D eigenvalue weighted by Gasteiger charge is 2.48. The maximum absolute atomic E-state index is 15.1. The summed E-state index contributed by atoms with van der Waals surface area (Å²) in [4.78, 5) is 33.9. The number of halogens is 4. The maximum Gasteiger partial charge on any atom is 0.417 e. The minimum absolute atomic E-state index is 0.0191. The van der Waals surface area contributed by atoms with Crippen LogP contribution in [0.4, 0.5) is 33.7 Å². The molecule has 8 nitrogen and oxygen atoms in total. The van der Waals surface area contributed by atoms with Gasteiger partial charge in [-0.25, -0.2) is 14.7 Å². The van der Waals surface area contributed by atoms with Crippen LogP contribution < -0.4 is 15.3 Å². The van der Waals surface area contributed by atoms with Crippen molar-refractivity contribution in [2.24, 2.45) is 0 Å². The molecule has 2 aliphatic heterocycles. The van der Waals surface area contributed by atoms with Gasteiger partial charge in [0.05, 0.1) is 40.9 Å². The molecule has 1 unspecified atom stereocenters. The molecule has 2 heterocycles. The van der Waals surface area contributed by atoms with E-state index in [1.807, 2.05) is 0 Å². The van der Waals surface area contributed by atoms with E-state index in [2.05, 4.69) is 5.48 Å². The second kappa shape index (κ2) is 10.8. The Hall–Kier alpha value is -3.69. The Bertz CT molecular complexity index is 1310. The summed E-state index contributed by atoms with van der Waals surface area (Å²) >= 11 is 0. The van der Waals surface area contributed by atoms with Crippen molar-refractivity contribution in [3.63, 3.8) is 0 Å². The van der Waals surface area contributed by atoms with Gasteiger partial charge in [0.1, 0.15) is 12.4 Å². The molecule has 12 heteroatoms. The predicted octanol–water partition coefficient (Wildman–Crippen LogP) is 5.31. The molecule has 0 aromatic heterocycles. The molecule has 206 valence electrons. The number of nitrogens with zero attached hydrogens (tertiary/aromatic N) is 3. The molecule has 5 rings (SSSR count). The minimum Gasteiger partial charge on any atom is -0.376 e. The van der Waals surface area contributed by atoms with Crippen LogP contribution in [0.5, 0.6) is 0 Å². The van der Waals surface area contributed by atoms with E-state index >= 15 is 4.39 Å². The van der Waals surface area contributed by atoms with E-state index in [0.29, 0.717) is 19.4 Å². The molecule has 1 aliphatic carbocycles. The third-order valence-electron chi connectivity index (χ3n) is 7.41. The van der Waals surface area contributed by atoms with Gasteiger partial charge in [-0.15, -0.1) is 0 Å². The van der Waals surface area contributed by atoms with Crippen molar-refractivity contribution in [1.82, 2.24) is 5.48 Å². The predicted molar refractivity (Wildman–Crippen MR) is 131 cm³/mol. The van der Waals surface area contributed by atoms with Crippen molar-refractivity contribution >= 4 is 23.3 Å². The Morgan fingerprint density at radius 2 is 1.72 bits per heavy atom. The van der Waals surface area contributed by atoms with Gasteiger partial charge in [0.2, 0.25) is 0 Å². The summed E-state index contributed by atoms with van der Waals surface area (Å²) in [6.07, 6.45) is -0.485. The molecular weight excluding hydrogens is 520 g/mol. The van der Waals surface area contributed by atoms with Gasteiger partial charge in [0.25, 0.3) is 5.91 Å². The number of carbonyl (C=O) groups is 2. The topological polar surface area (TPSA) is 94.9 Å². The monoisotopic (exact) mass is 546 g/mol. The summed E-state index contributed by atoms with van der Waals surface area (Å²) in [5.74, 6) is -1.67. The summed E-state index contributed by atoms with van der Waals surface area (Å²) in [5.41, 5.74) is 0.476. The molecule has 0 radical (unpaired) electrons. The first-order chi connectivity index (χ1) is 18.7. The number of hydrogen-bond acceptors (Lipinski definition) is 5. The van der Waals surface area contributed by atoms with Crippen LogP contribution in [0, 0.1) is 17.1 Å². The van der Waals surface area contributed by atoms with Gasteiger partial charge in [-0.3, -0.25) is 19.4 Å². The van der Waals surface area contributed by atoms with E-state index in [1.165, 1.54) is 28.0 Å². The standard InChI is InChI=1S/C27H26F4N4O4/c28-22-13-18(9-10-20(22)25(36)33-39-15-19-4-3-11-38-19)35-24-6-2-1-5-23(24)34(26(35)37)17-8-7-16(14-32)21(12-17)27(29,30)31/h7-10,12-13,19,23-24H,1-6,11,15H2,(H,33,36)/t19?,23-,24-/m0/s1. The quantitative estimate of drug-likeness (QED) is 0.391. The first kappa shape index (κ1) is 26.9. The minimum atomic E-state index is -4.77. The lowest BCUT2D eigenvalue weighted by Crippen LogP contribution is -2.40. The van der Waals surface area contributed by atoms with Gasteiger partial charge < -0.3 is 4.74 Å². The number of hydrogen-bond donors (Lipinski definition) is 1. The molecular formula is C27H26F4N4O4. The number of benzene rings is 2. The first-order valence-corrected chi connectivity index (χ1v) is 12.8. The fourth-order valence-electron chi connectivity index (χ4n) is 5.58. The number of amides is 3. The van der Waals surface area contributed by atoms with E-state index < -0.39 is 47.1 Å². The average Bonchev–Trinajstić information content (AvgIpc) is 3.53. The zero-order valence-electron chi connectivity index (χ0n) is 20.8. The molecule has 3 aliphatic rings. The number of nitriles is 1. The molecule has 2 saturated heterocycles. The molecule has 39 heavy (non-hydrogen) atoms. The van der Waals surface area contributed by atoms with Crippen LogP contribution in [0.1, 0.15) is 60.0 Å². The lowest BCUT2D eigenvalue weighted by Gasteiger charge is -2.32. The largest absolute Gasteiger partial charge is 0.417 e. The smallest absolute Gasteiger partial charge is 0.376 e. The number of carbonyl (C=O) groups excluding carboxylic acids is 2. The van der Waals surface area contributed by atoms with Crippen molar-refractivity contribution < 1.29 is 36.7 Å². The van der Waals surface area contributed by atoms with E-state index in [4.69, 9.17) is 14.8 Å². The van der Waals surface area contributed by atoms with Crippen LogP contribution in [0.3, 0.4) is 0 Å². The van der Waals surface area contributed by atoms with Crippen molar-refractivity contribution in [2.75, 3.05) is 23.0 Å². The zero-order valence-corrected chi connectivity index (χ0v) is 20.8. The van der Waals surface area contributed by atoms with Gasteiger partial charge >= 0.3 is 12.2 Å². The SMILES string of the molecule is N#Cc1ccc(N2C(=O)N(c3ccc(C(=O)NOCC4CCCO4)c(F)c3)[C@H]3CCCC[C@@H]32)cc1C(F)(F)F. The summed E-state index contributed by atoms with van der Waals surface area (Å²) in [5, 5.41) is 9.14. The second-order valence-electron chi connectivity index (χ2n) is 9.82. The Morgan fingerprint density at radius 1 is 1.05 bits per heavy atom. The second-order valence-corrected chi connectivity index (χ2v) is 9.82. The van der Waals surface area contributed by atoms with E-state index in [-0.39, 0.29) is 29.6 Å². The van der Waals surface area contributed by atoms with E-state index in [9.17, 15) is 22.8 Å². The molecule has 0 spiro atoms. The highest BCUT2D eigenvalue weighted by molar-refractivity contribution is 6.08. The Labute approximate surface area is 222 Å². The summed E-state index contributed by atoms with van der Waals surface area (Å²) in [6.45, 7) is 0.763. The fourth-order valence-corrected chi connectivity index (χ4v) is 5.58. The van der Waals surface area contributed by atoms with Gasteiger partial charge in [0, 0.05) is 18.0 Å². The summed E-state index contributed by atoms with van der Waals surface area (Å²) in [6, 6.07) is 7.06. The molecule has 2 aromatic rings. The number of rotatable bonds is 6. The van der Waals surface area contributed by atoms with E-state index in [1.54, 1.807) is 6.07 Å². The third kappa shape index (κ3) is 5.29. The summed E-state index contributed by atoms with van der Waals surface area (Å²) < 4.78 is 61.3. The number of alkyl halides is 3. The Morgan fingerprint density at radius 3 is 2.31 bits per heavy atom. The van der Waals surface area contributed by atoms with Crippen LogP contribution in [0.25, 0.3) is 0 Å². The Balaban J connectivity index is 1.39. The van der Waals surface area contributed by atoms with Crippen LogP contribution in [-0.2, 0) is 15.8 Å². The lowest BCUT2D eigenvalue weighted by atomic mass is 9.89. The highest BCUT2D eigenvalue weighted by atomic mass is 19.4. The molecule has 1 N–H and O–H groups in total. The van der Waals surface area contributed by atoms with Crippen molar-refractivity contribution in [2.45, 2.75) is 62.9 Å².